The number of nitrogens with zero attached hydrogens (tertiary/aromatic N) is 1. The van der Waals surface area contributed by atoms with Gasteiger partial charge in [0.1, 0.15) is 30.0 Å². The molecule has 5 heteroatoms. The zero-order valence-corrected chi connectivity index (χ0v) is 11.7. The lowest BCUT2D eigenvalue weighted by Crippen LogP contribution is -2.22. The molecule has 0 aromatic heterocycles. The highest BCUT2D eigenvalue weighted by Crippen LogP contribution is 2.30. The Morgan fingerprint density at radius 3 is 2.95 bits per heavy atom. The predicted molar refractivity (Wildman–Crippen MR) is 76.2 cm³/mol. The van der Waals surface area contributed by atoms with E-state index in [1.807, 2.05) is 6.07 Å². The van der Waals surface area contributed by atoms with E-state index in [9.17, 15) is 4.39 Å². The summed E-state index contributed by atoms with van der Waals surface area (Å²) in [5.74, 6) is 0.923. The van der Waals surface area contributed by atoms with Crippen molar-refractivity contribution < 1.29 is 13.9 Å². The Kier molecular flexibility index (Phi) is 3.68. The van der Waals surface area contributed by atoms with Crippen LogP contribution in [-0.2, 0) is 6.42 Å². The van der Waals surface area contributed by atoms with Crippen LogP contribution in [0.1, 0.15) is 11.1 Å². The quantitative estimate of drug-likeness (QED) is 0.867. The van der Waals surface area contributed by atoms with E-state index < -0.39 is 0 Å². The SMILES string of the molecule is N#Cc1ccc(OCC2Cc3cc(F)ccc3O2)c(Cl)c1. The molecule has 1 atom stereocenters. The van der Waals surface area contributed by atoms with Gasteiger partial charge in [-0.15, -0.1) is 0 Å². The highest BCUT2D eigenvalue weighted by atomic mass is 35.5. The molecule has 1 aliphatic rings. The van der Waals surface area contributed by atoms with Crippen molar-refractivity contribution in [3.05, 3.63) is 58.4 Å². The summed E-state index contributed by atoms with van der Waals surface area (Å²) >= 11 is 6.04. The molecule has 2 aromatic rings. The van der Waals surface area contributed by atoms with E-state index in [1.54, 1.807) is 24.3 Å². The van der Waals surface area contributed by atoms with Crippen LogP contribution in [-0.4, -0.2) is 12.7 Å². The molecule has 0 fully saturated rings. The second-order valence-corrected chi connectivity index (χ2v) is 5.17. The zero-order valence-electron chi connectivity index (χ0n) is 11.0. The molecular formula is C16H11ClFNO2. The van der Waals surface area contributed by atoms with Crippen LogP contribution >= 0.6 is 11.6 Å². The van der Waals surface area contributed by atoms with Crippen LogP contribution in [0, 0.1) is 17.1 Å². The molecular weight excluding hydrogens is 293 g/mol. The van der Waals surface area contributed by atoms with Gasteiger partial charge in [0.05, 0.1) is 16.7 Å². The topological polar surface area (TPSA) is 42.2 Å². The van der Waals surface area contributed by atoms with Crippen LogP contribution in [0.4, 0.5) is 4.39 Å². The van der Waals surface area contributed by atoms with Crippen molar-refractivity contribution in [3.8, 4) is 17.6 Å². The lowest BCUT2D eigenvalue weighted by Gasteiger charge is -2.13. The van der Waals surface area contributed by atoms with Gasteiger partial charge in [-0.25, -0.2) is 4.39 Å². The summed E-state index contributed by atoms with van der Waals surface area (Å²) in [6.07, 6.45) is 0.426. The summed E-state index contributed by atoms with van der Waals surface area (Å²) in [6.45, 7) is 0.307. The normalized spacial score (nSPS) is 16.0. The minimum atomic E-state index is -0.269. The molecule has 0 saturated carbocycles. The van der Waals surface area contributed by atoms with Gasteiger partial charge >= 0.3 is 0 Å². The van der Waals surface area contributed by atoms with Crippen molar-refractivity contribution in [2.24, 2.45) is 0 Å². The van der Waals surface area contributed by atoms with Gasteiger partial charge in [0.2, 0.25) is 0 Å². The fourth-order valence-electron chi connectivity index (χ4n) is 2.25. The summed E-state index contributed by atoms with van der Waals surface area (Å²) in [5.41, 5.74) is 1.32. The summed E-state index contributed by atoms with van der Waals surface area (Å²) in [6, 6.07) is 11.3. The minimum absolute atomic E-state index is 0.173. The van der Waals surface area contributed by atoms with Crippen molar-refractivity contribution in [1.29, 1.82) is 5.26 Å². The van der Waals surface area contributed by atoms with Gasteiger partial charge in [0.15, 0.2) is 0 Å². The fourth-order valence-corrected chi connectivity index (χ4v) is 2.49. The average molecular weight is 304 g/mol. The Hall–Kier alpha value is -2.25. The number of hydrogen-bond donors (Lipinski definition) is 0. The number of ether oxygens (including phenoxy) is 2. The van der Waals surface area contributed by atoms with Crippen LogP contribution < -0.4 is 9.47 Å². The molecule has 21 heavy (non-hydrogen) atoms. The van der Waals surface area contributed by atoms with Crippen LogP contribution in [0.15, 0.2) is 36.4 Å². The van der Waals surface area contributed by atoms with Crippen LogP contribution in [0.25, 0.3) is 0 Å². The van der Waals surface area contributed by atoms with Gasteiger partial charge in [0.25, 0.3) is 0 Å². The smallest absolute Gasteiger partial charge is 0.138 e. The molecule has 2 aromatic carbocycles. The number of fused-ring (bicyclic) bond motifs is 1. The highest BCUT2D eigenvalue weighted by molar-refractivity contribution is 6.32. The largest absolute Gasteiger partial charge is 0.488 e. The minimum Gasteiger partial charge on any atom is -0.488 e. The Balaban J connectivity index is 1.64. The molecule has 1 heterocycles. The lowest BCUT2D eigenvalue weighted by atomic mass is 10.1. The third-order valence-corrected chi connectivity index (χ3v) is 3.54. The Morgan fingerprint density at radius 1 is 1.33 bits per heavy atom. The van der Waals surface area contributed by atoms with Gasteiger partial charge < -0.3 is 9.47 Å². The van der Waals surface area contributed by atoms with E-state index in [-0.39, 0.29) is 11.9 Å². The monoisotopic (exact) mass is 303 g/mol. The first-order valence-electron chi connectivity index (χ1n) is 6.43. The van der Waals surface area contributed by atoms with E-state index in [4.69, 9.17) is 26.3 Å². The lowest BCUT2D eigenvalue weighted by molar-refractivity contribution is 0.148. The fraction of sp³-hybridized carbons (Fsp3) is 0.188. The molecule has 0 spiro atoms. The van der Waals surface area contributed by atoms with E-state index in [1.165, 1.54) is 12.1 Å². The van der Waals surface area contributed by atoms with Crippen molar-refractivity contribution in [1.82, 2.24) is 0 Å². The van der Waals surface area contributed by atoms with E-state index >= 15 is 0 Å². The van der Waals surface area contributed by atoms with Gasteiger partial charge in [-0.3, -0.25) is 0 Å². The standard InChI is InChI=1S/C16H11ClFNO2/c17-14-5-10(8-19)1-3-16(14)20-9-13-7-11-6-12(18)2-4-15(11)21-13/h1-6,13H,7,9H2. The number of rotatable bonds is 3. The second-order valence-electron chi connectivity index (χ2n) is 4.76. The molecule has 0 amide bonds. The Morgan fingerprint density at radius 2 is 2.19 bits per heavy atom. The molecule has 0 radical (unpaired) electrons. The number of hydrogen-bond acceptors (Lipinski definition) is 3. The number of halogens is 2. The number of benzene rings is 2. The average Bonchev–Trinajstić information content (AvgIpc) is 2.87. The maximum absolute atomic E-state index is 13.1. The summed E-state index contributed by atoms with van der Waals surface area (Å²) < 4.78 is 24.4. The molecule has 0 saturated heterocycles. The maximum Gasteiger partial charge on any atom is 0.138 e. The van der Waals surface area contributed by atoms with Gasteiger partial charge in [-0.2, -0.15) is 5.26 Å². The first-order valence-corrected chi connectivity index (χ1v) is 6.81. The van der Waals surface area contributed by atoms with Gasteiger partial charge in [-0.1, -0.05) is 11.6 Å². The number of nitriles is 1. The predicted octanol–water partition coefficient (Wildman–Crippen LogP) is 3.73. The molecule has 106 valence electrons. The maximum atomic E-state index is 13.1. The molecule has 0 bridgehead atoms. The summed E-state index contributed by atoms with van der Waals surface area (Å²) in [7, 11) is 0. The highest BCUT2D eigenvalue weighted by Gasteiger charge is 2.24. The van der Waals surface area contributed by atoms with Gasteiger partial charge in [0, 0.05) is 12.0 Å². The zero-order chi connectivity index (χ0) is 14.8. The molecule has 0 N–H and O–H groups in total. The Bertz CT molecular complexity index is 727. The molecule has 1 aliphatic heterocycles. The van der Waals surface area contributed by atoms with E-state index in [2.05, 4.69) is 0 Å². The van der Waals surface area contributed by atoms with E-state index in [0.29, 0.717) is 35.1 Å². The Labute approximate surface area is 126 Å². The first kappa shape index (κ1) is 13.7. The molecule has 3 rings (SSSR count). The third-order valence-electron chi connectivity index (χ3n) is 3.25. The van der Waals surface area contributed by atoms with Crippen molar-refractivity contribution >= 4 is 11.6 Å². The second kappa shape index (κ2) is 5.63. The van der Waals surface area contributed by atoms with E-state index in [0.717, 1.165) is 5.56 Å². The van der Waals surface area contributed by atoms with Crippen molar-refractivity contribution in [3.63, 3.8) is 0 Å². The van der Waals surface area contributed by atoms with Crippen LogP contribution in [0.5, 0.6) is 11.5 Å². The third kappa shape index (κ3) is 2.93. The van der Waals surface area contributed by atoms with Gasteiger partial charge in [-0.05, 0) is 36.4 Å². The van der Waals surface area contributed by atoms with Crippen molar-refractivity contribution in [2.45, 2.75) is 12.5 Å². The van der Waals surface area contributed by atoms with Crippen LogP contribution in [0.3, 0.4) is 0 Å². The summed E-state index contributed by atoms with van der Waals surface area (Å²) in [4.78, 5) is 0. The van der Waals surface area contributed by atoms with Crippen LogP contribution in [0.2, 0.25) is 5.02 Å². The first-order chi connectivity index (χ1) is 10.2. The molecule has 3 nitrogen and oxygen atoms in total. The molecule has 1 unspecified atom stereocenters. The molecule has 0 aliphatic carbocycles. The van der Waals surface area contributed by atoms with Crippen molar-refractivity contribution in [2.75, 3.05) is 6.61 Å². The summed E-state index contributed by atoms with van der Waals surface area (Å²) in [5, 5.41) is 9.16.